The van der Waals surface area contributed by atoms with Gasteiger partial charge < -0.3 is 28.9 Å². The van der Waals surface area contributed by atoms with Gasteiger partial charge in [-0.2, -0.15) is 10.2 Å². The van der Waals surface area contributed by atoms with Crippen molar-refractivity contribution in [3.8, 4) is 46.2 Å². The van der Waals surface area contributed by atoms with E-state index in [-0.39, 0.29) is 54.2 Å². The first kappa shape index (κ1) is 63.2. The van der Waals surface area contributed by atoms with E-state index >= 15 is 0 Å². The predicted octanol–water partition coefficient (Wildman–Crippen LogP) is 12.2. The number of hydrogen-bond acceptors (Lipinski definition) is 16. The molecule has 0 bridgehead atoms. The zero-order chi connectivity index (χ0) is 62.6. The Kier molecular flexibility index (Phi) is 20.9. The molecule has 0 aliphatic carbocycles. The number of halogens is 4. The number of aryl methyl sites for hydroxylation is 2. The second kappa shape index (κ2) is 29.4. The van der Waals surface area contributed by atoms with Gasteiger partial charge in [-0.05, 0) is 143 Å². The van der Waals surface area contributed by atoms with Gasteiger partial charge in [-0.1, -0.05) is 53.5 Å². The van der Waals surface area contributed by atoms with Crippen LogP contribution >= 0.6 is 39.1 Å². The van der Waals surface area contributed by atoms with Crippen LogP contribution in [0.15, 0.2) is 157 Å². The van der Waals surface area contributed by atoms with Crippen LogP contribution in [0.3, 0.4) is 0 Å². The van der Waals surface area contributed by atoms with E-state index in [4.69, 9.17) is 37.4 Å². The molecule has 0 unspecified atom stereocenters. The average molecular weight is 1310 g/mol. The van der Waals surface area contributed by atoms with E-state index in [1.165, 1.54) is 11.0 Å². The maximum Gasteiger partial charge on any atom is 0.258 e. The Hall–Kier alpha value is -8.86. The highest BCUT2D eigenvalue weighted by molar-refractivity contribution is 9.10. The number of piperidine rings is 3. The highest BCUT2D eigenvalue weighted by atomic mass is 79.9. The standard InChI is InChI=1S/C23H23ClN4O2.C22H20ClFN4O2.C20H21BrN6O2/c1-15-6-3-7-18(21(15)22-25-11-5-12-26-22)23(29)28-13-4-8-19(16(28)2)30-20-10-9-17(24)14-27-20;1-14-19(30-20-9-8-15(23)11-25-20)7-4-10-28(14)22(29)18-6-3-2-5-17(18)21-26-12-16(24)13-27-21;1-13-5-7-16(19(25-13)27-23-9-10-24-27)20(28)26-11-3-4-17(14(26)2)29-18-8-6-15(21)12-22-18/h3,5-7,9-12,14,16,19H,4,8,13H2,1-2H3;2-3,5-6,8-9,11-14,19H,4,7,10H2,1H3;5-10,12,14,17H,3-4,11H2,1-2H3/t16-,19+;14-,19+;14-,17+/m000/s1. The molecule has 9 aromatic rings. The van der Waals surface area contributed by atoms with E-state index < -0.39 is 5.82 Å². The van der Waals surface area contributed by atoms with E-state index in [0.29, 0.717) is 87.0 Å². The molecule has 0 spiro atoms. The molecule has 3 aliphatic rings. The first-order valence-electron chi connectivity index (χ1n) is 29.2. The van der Waals surface area contributed by atoms with Gasteiger partial charge >= 0.3 is 0 Å². The largest absolute Gasteiger partial charge is 0.472 e. The maximum absolute atomic E-state index is 13.6. The molecule has 7 aromatic heterocycles. The Morgan fingerprint density at radius 1 is 0.517 bits per heavy atom. The lowest BCUT2D eigenvalue weighted by atomic mass is 9.95. The van der Waals surface area contributed by atoms with Crippen LogP contribution in [0.5, 0.6) is 17.6 Å². The molecule has 3 aliphatic heterocycles. The van der Waals surface area contributed by atoms with Crippen molar-refractivity contribution in [1.82, 2.24) is 69.6 Å². The molecule has 6 atom stereocenters. The van der Waals surface area contributed by atoms with Gasteiger partial charge in [0.25, 0.3) is 17.7 Å². The van der Waals surface area contributed by atoms with Crippen molar-refractivity contribution in [2.45, 2.75) is 110 Å². The van der Waals surface area contributed by atoms with Crippen LogP contribution in [0.2, 0.25) is 10.0 Å². The Morgan fingerprint density at radius 3 is 1.53 bits per heavy atom. The van der Waals surface area contributed by atoms with Gasteiger partial charge in [0.2, 0.25) is 17.6 Å². The summed E-state index contributed by atoms with van der Waals surface area (Å²) in [7, 11) is 0. The van der Waals surface area contributed by atoms with Gasteiger partial charge in [-0.15, -0.1) is 4.80 Å². The van der Waals surface area contributed by atoms with Crippen molar-refractivity contribution in [2.24, 2.45) is 0 Å². The van der Waals surface area contributed by atoms with Crippen LogP contribution in [0.25, 0.3) is 28.6 Å². The highest BCUT2D eigenvalue weighted by Gasteiger charge is 2.38. The summed E-state index contributed by atoms with van der Waals surface area (Å²) in [6.45, 7) is 11.8. The number of hydrogen-bond donors (Lipinski definition) is 0. The van der Waals surface area contributed by atoms with E-state index in [9.17, 15) is 18.8 Å². The molecule has 458 valence electrons. The average Bonchev–Trinajstić information content (AvgIpc) is 3.43. The number of ether oxygens (including phenoxy) is 3. The van der Waals surface area contributed by atoms with Gasteiger partial charge in [0.1, 0.15) is 18.3 Å². The number of carbonyl (C=O) groups is 3. The summed E-state index contributed by atoms with van der Waals surface area (Å²) in [5.41, 5.74) is 4.66. The van der Waals surface area contributed by atoms with Crippen LogP contribution in [-0.4, -0.2) is 143 Å². The molecule has 89 heavy (non-hydrogen) atoms. The summed E-state index contributed by atoms with van der Waals surface area (Å²) < 4.78 is 32.3. The number of nitrogens with zero attached hydrogens (tertiary/aromatic N) is 14. The molecule has 0 radical (unpaired) electrons. The number of carbonyl (C=O) groups excluding carboxylic acids is 3. The molecular weight excluding hydrogens is 1240 g/mol. The zero-order valence-electron chi connectivity index (χ0n) is 49.5. The SMILES string of the molecule is C[C@H]1[C@H](Oc2ccc(Cl)cn2)CCCN1C(=O)c1ccccc1-c1ncc(F)cn1.Cc1ccc(C(=O)N2CCC[C@@H](Oc3ccc(Br)cn3)[C@@H]2C)c(-n2nccn2)n1.Cc1cccc(C(=O)N2CCC[C@@H](Oc3ccc(Cl)cn3)[C@@H]2C)c1-c1ncccn1. The smallest absolute Gasteiger partial charge is 0.258 e. The molecule has 24 heteroatoms. The summed E-state index contributed by atoms with van der Waals surface area (Å²) in [6.07, 6.45) is 18.1. The predicted molar refractivity (Wildman–Crippen MR) is 336 cm³/mol. The second-order valence-electron chi connectivity index (χ2n) is 21.5. The minimum Gasteiger partial charge on any atom is -0.472 e. The van der Waals surface area contributed by atoms with Crippen LogP contribution in [0.4, 0.5) is 4.39 Å². The Morgan fingerprint density at radius 2 is 1.01 bits per heavy atom. The number of rotatable bonds is 12. The minimum atomic E-state index is -0.525. The van der Waals surface area contributed by atoms with Gasteiger partial charge in [-0.25, -0.2) is 44.3 Å². The quantitative estimate of drug-likeness (QED) is 0.111. The fraction of sp³-hybridized carbons (Fsp3) is 0.308. The third kappa shape index (κ3) is 15.5. The van der Waals surface area contributed by atoms with Crippen molar-refractivity contribution >= 4 is 56.9 Å². The number of amides is 3. The molecule has 2 aromatic carbocycles. The number of benzene rings is 2. The molecule has 3 amide bonds. The topological polar surface area (TPSA) is 222 Å². The van der Waals surface area contributed by atoms with Crippen molar-refractivity contribution in [2.75, 3.05) is 19.6 Å². The molecule has 10 heterocycles. The lowest BCUT2D eigenvalue weighted by molar-refractivity contribution is 0.0264. The summed E-state index contributed by atoms with van der Waals surface area (Å²) >= 11 is 15.2. The molecule has 3 fully saturated rings. The fourth-order valence-electron chi connectivity index (χ4n) is 11.0. The van der Waals surface area contributed by atoms with Crippen molar-refractivity contribution in [1.29, 1.82) is 0 Å². The van der Waals surface area contributed by atoms with E-state index in [1.54, 1.807) is 103 Å². The number of likely N-dealkylation sites (tertiary alicyclic amines) is 3. The van der Waals surface area contributed by atoms with E-state index in [1.807, 2.05) is 80.8 Å². The Labute approximate surface area is 533 Å². The molecule has 0 N–H and O–H groups in total. The lowest BCUT2D eigenvalue weighted by Crippen LogP contribution is -2.51. The van der Waals surface area contributed by atoms with Gasteiger partial charge in [0.15, 0.2) is 23.3 Å². The molecule has 3 saturated heterocycles. The first-order valence-corrected chi connectivity index (χ1v) is 30.7. The third-order valence-corrected chi connectivity index (χ3v) is 16.5. The van der Waals surface area contributed by atoms with Crippen LogP contribution in [0.1, 0.15) is 102 Å². The minimum absolute atomic E-state index is 0.0361. The zero-order valence-corrected chi connectivity index (χ0v) is 52.6. The summed E-state index contributed by atoms with van der Waals surface area (Å²) in [5, 5.41) is 9.39. The van der Waals surface area contributed by atoms with Crippen LogP contribution < -0.4 is 14.2 Å². The summed E-state index contributed by atoms with van der Waals surface area (Å²) in [5.74, 6) is 2.05. The maximum atomic E-state index is 13.6. The lowest BCUT2D eigenvalue weighted by Gasteiger charge is -2.39. The molecule has 12 rings (SSSR count). The van der Waals surface area contributed by atoms with Crippen molar-refractivity contribution in [3.63, 3.8) is 0 Å². The van der Waals surface area contributed by atoms with Crippen molar-refractivity contribution < 1.29 is 33.0 Å². The number of aromatic nitrogens is 11. The van der Waals surface area contributed by atoms with Gasteiger partial charge in [-0.3, -0.25) is 14.4 Å². The van der Waals surface area contributed by atoms with Gasteiger partial charge in [0, 0.05) is 90.1 Å². The fourth-order valence-corrected chi connectivity index (χ4v) is 11.4. The van der Waals surface area contributed by atoms with E-state index in [2.05, 4.69) is 66.0 Å². The normalized spacial score (nSPS) is 19.0. The number of pyridine rings is 4. The summed E-state index contributed by atoms with van der Waals surface area (Å²) in [6, 6.07) is 28.5. The second-order valence-corrected chi connectivity index (χ2v) is 23.3. The molecular formula is C65H64BrCl2FN14O6. The molecule has 20 nitrogen and oxygen atoms in total. The van der Waals surface area contributed by atoms with Crippen molar-refractivity contribution in [3.05, 3.63) is 201 Å². The highest BCUT2D eigenvalue weighted by Crippen LogP contribution is 2.32. The first-order chi connectivity index (χ1) is 43.1. The molecule has 0 saturated carbocycles. The van der Waals surface area contributed by atoms with E-state index in [0.717, 1.165) is 72.2 Å². The Balaban J connectivity index is 0.000000147. The summed E-state index contributed by atoms with van der Waals surface area (Å²) in [4.78, 5) is 81.3. The Bertz CT molecular complexity index is 3850. The van der Waals surface area contributed by atoms with Crippen LogP contribution in [0, 0.1) is 19.7 Å². The monoisotopic (exact) mass is 1300 g/mol. The van der Waals surface area contributed by atoms with Crippen LogP contribution in [-0.2, 0) is 0 Å². The third-order valence-electron chi connectivity index (χ3n) is 15.6. The van der Waals surface area contributed by atoms with Gasteiger partial charge in [0.05, 0.1) is 69.6 Å².